The Labute approximate surface area is 234 Å². The summed E-state index contributed by atoms with van der Waals surface area (Å²) < 4.78 is 48.1. The molecule has 3 aromatic rings. The standard InChI is InChI=1S/C31H36FNO7/c1-6-37-28-16-21(17-29(38-7-2)30(28)39-8-3)31(34)33-14-13-20-15-26(35-4)27(36-5)18-24(20)25(33)19-40-23-11-9-22(32)10-12-23/h9-12,15-18,25H,6-8,13-14,19H2,1-5H3. The Kier molecular flexibility index (Phi) is 9.58. The Balaban J connectivity index is 1.75. The van der Waals surface area contributed by atoms with Gasteiger partial charge in [-0.2, -0.15) is 0 Å². The lowest BCUT2D eigenvalue weighted by atomic mass is 9.91. The van der Waals surface area contributed by atoms with Crippen LogP contribution in [0.2, 0.25) is 0 Å². The minimum Gasteiger partial charge on any atom is -0.493 e. The van der Waals surface area contributed by atoms with E-state index in [1.54, 1.807) is 43.4 Å². The van der Waals surface area contributed by atoms with Crippen LogP contribution in [-0.2, 0) is 6.42 Å². The summed E-state index contributed by atoms with van der Waals surface area (Å²) in [7, 11) is 3.17. The van der Waals surface area contributed by atoms with Gasteiger partial charge in [-0.25, -0.2) is 4.39 Å². The fourth-order valence-electron chi connectivity index (χ4n) is 4.83. The zero-order chi connectivity index (χ0) is 28.6. The molecule has 8 nitrogen and oxygen atoms in total. The van der Waals surface area contributed by atoms with Gasteiger partial charge < -0.3 is 33.3 Å². The van der Waals surface area contributed by atoms with Crippen LogP contribution in [0.3, 0.4) is 0 Å². The van der Waals surface area contributed by atoms with Crippen LogP contribution in [0.15, 0.2) is 48.5 Å². The number of halogens is 1. The molecule has 40 heavy (non-hydrogen) atoms. The van der Waals surface area contributed by atoms with Gasteiger partial charge in [0, 0.05) is 12.1 Å². The monoisotopic (exact) mass is 553 g/mol. The van der Waals surface area contributed by atoms with Gasteiger partial charge in [-0.05, 0) is 86.8 Å². The number of benzene rings is 3. The smallest absolute Gasteiger partial charge is 0.254 e. The summed E-state index contributed by atoms with van der Waals surface area (Å²) in [6.45, 7) is 7.43. The van der Waals surface area contributed by atoms with Crippen LogP contribution in [0, 0.1) is 5.82 Å². The highest BCUT2D eigenvalue weighted by molar-refractivity contribution is 5.96. The van der Waals surface area contributed by atoms with Gasteiger partial charge >= 0.3 is 0 Å². The molecular weight excluding hydrogens is 517 g/mol. The second kappa shape index (κ2) is 13.3. The highest BCUT2D eigenvalue weighted by atomic mass is 19.1. The fourth-order valence-corrected chi connectivity index (χ4v) is 4.83. The molecular formula is C31H36FNO7. The largest absolute Gasteiger partial charge is 0.493 e. The highest BCUT2D eigenvalue weighted by Crippen LogP contribution is 2.42. The van der Waals surface area contributed by atoms with Crippen molar-refractivity contribution < 1.29 is 37.6 Å². The summed E-state index contributed by atoms with van der Waals surface area (Å²) in [5.74, 6) is 2.48. The maximum atomic E-state index is 14.1. The second-order valence-electron chi connectivity index (χ2n) is 9.04. The molecule has 0 saturated heterocycles. The van der Waals surface area contributed by atoms with Crippen LogP contribution < -0.4 is 28.4 Å². The average Bonchev–Trinajstić information content (AvgIpc) is 2.97. The van der Waals surface area contributed by atoms with Crippen molar-refractivity contribution in [2.45, 2.75) is 33.2 Å². The molecule has 0 saturated carbocycles. The lowest BCUT2D eigenvalue weighted by Crippen LogP contribution is -2.42. The molecule has 214 valence electrons. The highest BCUT2D eigenvalue weighted by Gasteiger charge is 2.34. The van der Waals surface area contributed by atoms with E-state index < -0.39 is 6.04 Å². The summed E-state index contributed by atoms with van der Waals surface area (Å²) >= 11 is 0. The van der Waals surface area contributed by atoms with Gasteiger partial charge in [0.2, 0.25) is 5.75 Å². The van der Waals surface area contributed by atoms with Crippen LogP contribution in [0.5, 0.6) is 34.5 Å². The minimum atomic E-state index is -0.459. The van der Waals surface area contributed by atoms with Crippen LogP contribution in [0.25, 0.3) is 0 Å². The van der Waals surface area contributed by atoms with Crippen molar-refractivity contribution in [3.63, 3.8) is 0 Å². The zero-order valence-electron chi connectivity index (χ0n) is 23.6. The van der Waals surface area contributed by atoms with Gasteiger partial charge in [-0.1, -0.05) is 0 Å². The summed E-state index contributed by atoms with van der Waals surface area (Å²) in [4.78, 5) is 15.9. The van der Waals surface area contributed by atoms with Crippen molar-refractivity contribution in [1.82, 2.24) is 4.90 Å². The Bertz CT molecular complexity index is 1280. The predicted octanol–water partition coefficient (Wildman–Crippen LogP) is 5.86. The number of nitrogens with zero attached hydrogens (tertiary/aromatic N) is 1. The SMILES string of the molecule is CCOc1cc(C(=O)N2CCc3cc(OC)c(OC)cc3C2COc2ccc(F)cc2)cc(OCC)c1OCC. The molecule has 1 aliphatic rings. The molecule has 3 aromatic carbocycles. The van der Waals surface area contributed by atoms with Crippen molar-refractivity contribution >= 4 is 5.91 Å². The molecule has 0 bridgehead atoms. The molecule has 9 heteroatoms. The van der Waals surface area contributed by atoms with E-state index in [2.05, 4.69) is 0 Å². The maximum absolute atomic E-state index is 14.1. The average molecular weight is 554 g/mol. The first-order chi connectivity index (χ1) is 19.4. The van der Waals surface area contributed by atoms with Crippen molar-refractivity contribution in [1.29, 1.82) is 0 Å². The van der Waals surface area contributed by atoms with E-state index in [0.29, 0.717) is 72.8 Å². The molecule has 1 unspecified atom stereocenters. The van der Waals surface area contributed by atoms with Gasteiger partial charge in [0.05, 0.1) is 40.1 Å². The van der Waals surface area contributed by atoms with Crippen molar-refractivity contribution in [3.8, 4) is 34.5 Å². The number of fused-ring (bicyclic) bond motifs is 1. The lowest BCUT2D eigenvalue weighted by molar-refractivity contribution is 0.0588. The number of hydrogen-bond acceptors (Lipinski definition) is 7. The normalized spacial score (nSPS) is 14.2. The Morgan fingerprint density at radius 3 is 2.00 bits per heavy atom. The molecule has 0 radical (unpaired) electrons. The number of rotatable bonds is 12. The molecule has 0 N–H and O–H groups in total. The van der Waals surface area contributed by atoms with Gasteiger partial charge in [0.15, 0.2) is 23.0 Å². The summed E-state index contributed by atoms with van der Waals surface area (Å²) in [5.41, 5.74) is 2.33. The number of amides is 1. The molecule has 1 aliphatic heterocycles. The number of carbonyl (C=O) groups is 1. The summed E-state index contributed by atoms with van der Waals surface area (Å²) in [5, 5.41) is 0. The second-order valence-corrected chi connectivity index (χ2v) is 9.04. The quantitative estimate of drug-likeness (QED) is 0.278. The van der Waals surface area contributed by atoms with E-state index in [-0.39, 0.29) is 18.3 Å². The summed E-state index contributed by atoms with van der Waals surface area (Å²) in [6, 6.07) is 12.6. The van der Waals surface area contributed by atoms with E-state index in [1.165, 1.54) is 12.1 Å². The number of ether oxygens (including phenoxy) is 6. The third-order valence-electron chi connectivity index (χ3n) is 6.64. The number of methoxy groups -OCH3 is 2. The number of hydrogen-bond donors (Lipinski definition) is 0. The van der Waals surface area contributed by atoms with Crippen LogP contribution in [0.1, 0.15) is 48.3 Å². The van der Waals surface area contributed by atoms with Crippen molar-refractivity contribution in [2.75, 3.05) is 47.2 Å². The first kappa shape index (κ1) is 28.9. The molecule has 0 aromatic heterocycles. The van der Waals surface area contributed by atoms with Gasteiger partial charge in [0.25, 0.3) is 5.91 Å². The van der Waals surface area contributed by atoms with E-state index in [0.717, 1.165) is 11.1 Å². The Morgan fingerprint density at radius 1 is 0.825 bits per heavy atom. The van der Waals surface area contributed by atoms with Crippen LogP contribution in [-0.4, -0.2) is 58.0 Å². The third-order valence-corrected chi connectivity index (χ3v) is 6.64. The van der Waals surface area contributed by atoms with E-state index in [9.17, 15) is 9.18 Å². The lowest BCUT2D eigenvalue weighted by Gasteiger charge is -2.38. The van der Waals surface area contributed by atoms with E-state index in [1.807, 2.05) is 32.9 Å². The van der Waals surface area contributed by atoms with Gasteiger partial charge in [-0.3, -0.25) is 4.79 Å². The molecule has 1 atom stereocenters. The Morgan fingerprint density at radius 2 is 1.43 bits per heavy atom. The van der Waals surface area contributed by atoms with E-state index >= 15 is 0 Å². The predicted molar refractivity (Wildman–Crippen MR) is 149 cm³/mol. The first-order valence-electron chi connectivity index (χ1n) is 13.4. The molecule has 0 aliphatic carbocycles. The molecule has 1 amide bonds. The van der Waals surface area contributed by atoms with Crippen molar-refractivity contribution in [2.24, 2.45) is 0 Å². The molecule has 0 fully saturated rings. The van der Waals surface area contributed by atoms with Crippen LogP contribution in [0.4, 0.5) is 4.39 Å². The van der Waals surface area contributed by atoms with Gasteiger partial charge in [-0.15, -0.1) is 0 Å². The van der Waals surface area contributed by atoms with Crippen molar-refractivity contribution in [3.05, 3.63) is 71.0 Å². The van der Waals surface area contributed by atoms with E-state index in [4.69, 9.17) is 28.4 Å². The fraction of sp³-hybridized carbons (Fsp3) is 0.387. The topological polar surface area (TPSA) is 75.7 Å². The Hall–Kier alpha value is -4.14. The number of carbonyl (C=O) groups excluding carboxylic acids is 1. The van der Waals surface area contributed by atoms with Gasteiger partial charge in [0.1, 0.15) is 18.2 Å². The third kappa shape index (κ3) is 6.19. The summed E-state index contributed by atoms with van der Waals surface area (Å²) in [6.07, 6.45) is 0.613. The zero-order valence-corrected chi connectivity index (χ0v) is 23.6. The molecule has 4 rings (SSSR count). The molecule has 0 spiro atoms. The minimum absolute atomic E-state index is 0.146. The first-order valence-corrected chi connectivity index (χ1v) is 13.4. The maximum Gasteiger partial charge on any atom is 0.254 e. The molecule has 1 heterocycles. The van der Waals surface area contributed by atoms with Crippen LogP contribution >= 0.6 is 0 Å².